The number of ether oxygens (including phenoxy) is 1. The average molecular weight is 275 g/mol. The summed E-state index contributed by atoms with van der Waals surface area (Å²) < 4.78 is 4.73. The second-order valence-electron chi connectivity index (χ2n) is 4.62. The molecule has 0 saturated carbocycles. The Morgan fingerprint density at radius 3 is 2.40 bits per heavy atom. The van der Waals surface area contributed by atoms with Gasteiger partial charge in [-0.1, -0.05) is 18.2 Å². The van der Waals surface area contributed by atoms with Crippen LogP contribution >= 0.6 is 0 Å². The molecule has 2 amide bonds. The Hall–Kier alpha value is -2.50. The first-order valence-electron chi connectivity index (χ1n) is 6.11. The third kappa shape index (κ3) is 2.20. The van der Waals surface area contributed by atoms with Crippen LogP contribution in [0.4, 0.5) is 10.5 Å². The molecule has 0 aliphatic rings. The monoisotopic (exact) mass is 275 g/mol. The molecule has 0 spiro atoms. The van der Waals surface area contributed by atoms with Crippen LogP contribution in [0.3, 0.4) is 0 Å². The number of amides is 2. The summed E-state index contributed by atoms with van der Waals surface area (Å²) in [7, 11) is 6.21. The molecule has 0 aliphatic heterocycles. The number of aromatic nitrogens is 1. The van der Waals surface area contributed by atoms with Crippen molar-refractivity contribution in [3.63, 3.8) is 0 Å². The molecule has 0 fully saturated rings. The normalized spacial score (nSPS) is 10.4. The molecular weight excluding hydrogens is 258 g/mol. The number of carbonyl (C=O) groups is 2. The van der Waals surface area contributed by atoms with E-state index in [1.807, 2.05) is 24.3 Å². The van der Waals surface area contributed by atoms with Gasteiger partial charge in [0.25, 0.3) is 5.91 Å². The summed E-state index contributed by atoms with van der Waals surface area (Å²) in [5.74, 6) is -0.202. The van der Waals surface area contributed by atoms with Gasteiger partial charge in [0, 0.05) is 32.0 Å². The van der Waals surface area contributed by atoms with Gasteiger partial charge in [0.15, 0.2) is 0 Å². The first-order valence-corrected chi connectivity index (χ1v) is 6.11. The second kappa shape index (κ2) is 5.24. The van der Waals surface area contributed by atoms with Crippen molar-refractivity contribution in [3.05, 3.63) is 30.0 Å². The number of benzene rings is 1. The summed E-state index contributed by atoms with van der Waals surface area (Å²) in [6.07, 6.45) is -0.525. The van der Waals surface area contributed by atoms with Crippen molar-refractivity contribution in [2.75, 3.05) is 33.2 Å². The number of aromatic amines is 1. The summed E-state index contributed by atoms with van der Waals surface area (Å²) in [5, 5.41) is 0.797. The zero-order chi connectivity index (χ0) is 14.9. The highest BCUT2D eigenvalue weighted by molar-refractivity contribution is 6.12. The van der Waals surface area contributed by atoms with E-state index in [0.29, 0.717) is 11.4 Å². The quantitative estimate of drug-likeness (QED) is 0.912. The maximum absolute atomic E-state index is 12.3. The highest BCUT2D eigenvalue weighted by atomic mass is 16.5. The zero-order valence-electron chi connectivity index (χ0n) is 11.9. The highest BCUT2D eigenvalue weighted by Gasteiger charge is 2.25. The number of rotatable bonds is 2. The predicted octanol–water partition coefficient (Wildman–Crippen LogP) is 2.07. The first kappa shape index (κ1) is 13.9. The van der Waals surface area contributed by atoms with Gasteiger partial charge in [0.05, 0.1) is 12.8 Å². The van der Waals surface area contributed by atoms with Crippen molar-refractivity contribution in [2.24, 2.45) is 0 Å². The number of hydrogen-bond acceptors (Lipinski definition) is 3. The summed E-state index contributed by atoms with van der Waals surface area (Å²) in [4.78, 5) is 29.9. The van der Waals surface area contributed by atoms with Crippen molar-refractivity contribution in [1.82, 2.24) is 9.88 Å². The first-order chi connectivity index (χ1) is 9.47. The fourth-order valence-electron chi connectivity index (χ4n) is 2.08. The maximum Gasteiger partial charge on any atom is 0.413 e. The molecule has 0 aliphatic carbocycles. The summed E-state index contributed by atoms with van der Waals surface area (Å²) in [5.41, 5.74) is 1.68. The van der Waals surface area contributed by atoms with E-state index in [4.69, 9.17) is 4.74 Å². The molecule has 0 atom stereocenters. The van der Waals surface area contributed by atoms with Gasteiger partial charge in [-0.2, -0.15) is 0 Å². The van der Waals surface area contributed by atoms with Crippen LogP contribution in [0.15, 0.2) is 24.3 Å². The molecule has 2 rings (SSSR count). The van der Waals surface area contributed by atoms with Crippen LogP contribution in [0.5, 0.6) is 0 Å². The molecule has 1 aromatic carbocycles. The Labute approximate surface area is 116 Å². The SMILES string of the molecule is COC(=O)N(C)c1c(C(=O)N(C)C)[nH]c2ccccc12. The Morgan fingerprint density at radius 2 is 1.80 bits per heavy atom. The fraction of sp³-hybridized carbons (Fsp3) is 0.286. The lowest BCUT2D eigenvalue weighted by Gasteiger charge is -2.18. The van der Waals surface area contributed by atoms with E-state index in [1.165, 1.54) is 16.9 Å². The number of anilines is 1. The summed E-state index contributed by atoms with van der Waals surface area (Å²) in [6, 6.07) is 7.43. The van der Waals surface area contributed by atoms with Gasteiger partial charge in [-0.3, -0.25) is 9.69 Å². The Morgan fingerprint density at radius 1 is 1.15 bits per heavy atom. The van der Waals surface area contributed by atoms with E-state index in [-0.39, 0.29) is 5.91 Å². The van der Waals surface area contributed by atoms with Crippen LogP contribution in [-0.4, -0.2) is 50.1 Å². The minimum Gasteiger partial charge on any atom is -0.452 e. The van der Waals surface area contributed by atoms with E-state index in [2.05, 4.69) is 4.98 Å². The third-order valence-electron chi connectivity index (χ3n) is 3.08. The van der Waals surface area contributed by atoms with E-state index >= 15 is 0 Å². The van der Waals surface area contributed by atoms with Crippen molar-refractivity contribution in [3.8, 4) is 0 Å². The minimum atomic E-state index is -0.525. The van der Waals surface area contributed by atoms with Gasteiger partial charge in [0.1, 0.15) is 5.69 Å². The smallest absolute Gasteiger partial charge is 0.413 e. The topological polar surface area (TPSA) is 65.6 Å². The lowest BCUT2D eigenvalue weighted by atomic mass is 10.2. The number of methoxy groups -OCH3 is 1. The molecule has 106 valence electrons. The van der Waals surface area contributed by atoms with Crippen LogP contribution in [0.1, 0.15) is 10.5 Å². The van der Waals surface area contributed by atoms with Gasteiger partial charge in [-0.05, 0) is 6.07 Å². The molecule has 6 nitrogen and oxygen atoms in total. The lowest BCUT2D eigenvalue weighted by Crippen LogP contribution is -2.29. The Balaban J connectivity index is 2.67. The third-order valence-corrected chi connectivity index (χ3v) is 3.08. The molecule has 6 heteroatoms. The largest absolute Gasteiger partial charge is 0.452 e. The Bertz CT molecular complexity index is 661. The standard InChI is InChI=1S/C14H17N3O3/c1-16(2)13(18)11-12(17(3)14(19)20-4)9-7-5-6-8-10(9)15-11/h5-8,15H,1-4H3. The van der Waals surface area contributed by atoms with E-state index in [0.717, 1.165) is 10.9 Å². The molecule has 0 unspecified atom stereocenters. The maximum atomic E-state index is 12.3. The highest BCUT2D eigenvalue weighted by Crippen LogP contribution is 2.31. The number of carbonyl (C=O) groups excluding carboxylic acids is 2. The van der Waals surface area contributed by atoms with E-state index in [9.17, 15) is 9.59 Å². The fourth-order valence-corrected chi connectivity index (χ4v) is 2.08. The Kier molecular flexibility index (Phi) is 3.65. The molecule has 1 aromatic heterocycles. The summed E-state index contributed by atoms with van der Waals surface area (Å²) >= 11 is 0. The number of nitrogens with zero attached hydrogens (tertiary/aromatic N) is 2. The molecule has 0 saturated heterocycles. The molecule has 0 bridgehead atoms. The van der Waals surface area contributed by atoms with Gasteiger partial charge in [-0.15, -0.1) is 0 Å². The van der Waals surface area contributed by atoms with Crippen LogP contribution in [0, 0.1) is 0 Å². The average Bonchev–Trinajstić information content (AvgIpc) is 2.83. The molecule has 0 radical (unpaired) electrons. The molecular formula is C14H17N3O3. The van der Waals surface area contributed by atoms with Crippen LogP contribution < -0.4 is 4.90 Å². The van der Waals surface area contributed by atoms with Crippen molar-refractivity contribution in [1.29, 1.82) is 0 Å². The molecule has 20 heavy (non-hydrogen) atoms. The van der Waals surface area contributed by atoms with Crippen LogP contribution in [0.2, 0.25) is 0 Å². The van der Waals surface area contributed by atoms with Crippen LogP contribution in [0.25, 0.3) is 10.9 Å². The van der Waals surface area contributed by atoms with E-state index < -0.39 is 6.09 Å². The van der Waals surface area contributed by atoms with Crippen molar-refractivity contribution >= 4 is 28.6 Å². The minimum absolute atomic E-state index is 0.202. The van der Waals surface area contributed by atoms with Crippen LogP contribution in [-0.2, 0) is 4.74 Å². The van der Waals surface area contributed by atoms with Gasteiger partial charge < -0.3 is 14.6 Å². The van der Waals surface area contributed by atoms with Crippen molar-refractivity contribution < 1.29 is 14.3 Å². The molecule has 1 N–H and O–H groups in total. The number of fused-ring (bicyclic) bond motifs is 1. The number of nitrogens with one attached hydrogen (secondary N) is 1. The number of H-pyrrole nitrogens is 1. The van der Waals surface area contributed by atoms with E-state index in [1.54, 1.807) is 21.1 Å². The van der Waals surface area contributed by atoms with Gasteiger partial charge in [0.2, 0.25) is 0 Å². The molecule has 1 heterocycles. The predicted molar refractivity (Wildman–Crippen MR) is 77.1 cm³/mol. The number of para-hydroxylation sites is 1. The van der Waals surface area contributed by atoms with Gasteiger partial charge >= 0.3 is 6.09 Å². The summed E-state index contributed by atoms with van der Waals surface area (Å²) in [6.45, 7) is 0. The lowest BCUT2D eigenvalue weighted by molar-refractivity contribution is 0.0823. The van der Waals surface area contributed by atoms with Gasteiger partial charge in [-0.25, -0.2) is 4.79 Å². The molecule has 2 aromatic rings. The second-order valence-corrected chi connectivity index (χ2v) is 4.62. The zero-order valence-corrected chi connectivity index (χ0v) is 11.9. The van der Waals surface area contributed by atoms with Crippen molar-refractivity contribution in [2.45, 2.75) is 0 Å². The number of hydrogen-bond donors (Lipinski definition) is 1.